The highest BCUT2D eigenvalue weighted by Gasteiger charge is 2.19. The number of nitrogens with zero attached hydrogens (tertiary/aromatic N) is 1. The summed E-state index contributed by atoms with van der Waals surface area (Å²) in [6.45, 7) is 4.66. The number of likely N-dealkylation sites (N-methyl/N-ethyl adjacent to an activating group) is 1. The Morgan fingerprint density at radius 3 is 2.71 bits per heavy atom. The van der Waals surface area contributed by atoms with Crippen molar-refractivity contribution in [1.82, 2.24) is 4.90 Å². The van der Waals surface area contributed by atoms with Gasteiger partial charge in [-0.05, 0) is 51.6 Å². The lowest BCUT2D eigenvalue weighted by molar-refractivity contribution is 0.205. The number of hydrogen-bond donors (Lipinski definition) is 1. The SMILES string of the molecule is CCN(Cc1cccs1)C(CN)c1ccc(OC)c(Br)c1. The van der Waals surface area contributed by atoms with Crippen molar-refractivity contribution < 1.29 is 4.74 Å². The van der Waals surface area contributed by atoms with Gasteiger partial charge in [0.2, 0.25) is 0 Å². The fourth-order valence-corrected chi connectivity index (χ4v) is 3.72. The number of methoxy groups -OCH3 is 1. The Morgan fingerprint density at radius 2 is 2.19 bits per heavy atom. The van der Waals surface area contributed by atoms with E-state index in [2.05, 4.69) is 57.4 Å². The molecule has 0 aliphatic rings. The summed E-state index contributed by atoms with van der Waals surface area (Å²) in [6.07, 6.45) is 0. The van der Waals surface area contributed by atoms with Crippen LogP contribution in [0.15, 0.2) is 40.2 Å². The molecule has 0 saturated carbocycles. The third-order valence-corrected chi connectivity index (χ3v) is 5.05. The molecule has 0 amide bonds. The minimum Gasteiger partial charge on any atom is -0.496 e. The van der Waals surface area contributed by atoms with Gasteiger partial charge in [-0.3, -0.25) is 4.90 Å². The highest BCUT2D eigenvalue weighted by molar-refractivity contribution is 9.10. The van der Waals surface area contributed by atoms with Gasteiger partial charge in [0.05, 0.1) is 11.6 Å². The number of halogens is 1. The summed E-state index contributed by atoms with van der Waals surface area (Å²) in [5.41, 5.74) is 7.26. The fraction of sp³-hybridized carbons (Fsp3) is 0.375. The van der Waals surface area contributed by atoms with E-state index in [0.29, 0.717) is 6.54 Å². The third kappa shape index (κ3) is 4.07. The molecule has 21 heavy (non-hydrogen) atoms. The van der Waals surface area contributed by atoms with Crippen LogP contribution in [0.2, 0.25) is 0 Å². The fourth-order valence-electron chi connectivity index (χ4n) is 2.43. The molecule has 0 fully saturated rings. The van der Waals surface area contributed by atoms with Crippen molar-refractivity contribution in [2.75, 3.05) is 20.2 Å². The molecule has 114 valence electrons. The topological polar surface area (TPSA) is 38.5 Å². The Kier molecular flexibility index (Phi) is 6.23. The smallest absolute Gasteiger partial charge is 0.133 e. The Bertz CT molecular complexity index is 559. The molecule has 1 heterocycles. The predicted octanol–water partition coefficient (Wildman–Crippen LogP) is 4.04. The molecule has 5 heteroatoms. The predicted molar refractivity (Wildman–Crippen MR) is 92.9 cm³/mol. The minimum atomic E-state index is 0.208. The zero-order chi connectivity index (χ0) is 15.2. The zero-order valence-electron chi connectivity index (χ0n) is 12.4. The molecule has 1 atom stereocenters. The summed E-state index contributed by atoms with van der Waals surface area (Å²) in [6, 6.07) is 10.7. The van der Waals surface area contributed by atoms with Crippen molar-refractivity contribution in [3.05, 3.63) is 50.6 Å². The van der Waals surface area contributed by atoms with Crippen LogP contribution in [0.1, 0.15) is 23.4 Å². The molecule has 1 aromatic carbocycles. The van der Waals surface area contributed by atoms with Gasteiger partial charge in [-0.15, -0.1) is 11.3 Å². The first-order chi connectivity index (χ1) is 10.2. The molecule has 3 nitrogen and oxygen atoms in total. The first-order valence-electron chi connectivity index (χ1n) is 6.99. The largest absolute Gasteiger partial charge is 0.496 e. The molecule has 0 aliphatic heterocycles. The van der Waals surface area contributed by atoms with E-state index in [1.165, 1.54) is 10.4 Å². The standard InChI is InChI=1S/C16H21BrN2OS/c1-3-19(11-13-5-4-8-21-13)15(10-18)12-6-7-16(20-2)14(17)9-12/h4-9,15H,3,10-11,18H2,1-2H3. The second-order valence-electron chi connectivity index (χ2n) is 4.79. The average molecular weight is 369 g/mol. The maximum absolute atomic E-state index is 6.05. The van der Waals surface area contributed by atoms with Gasteiger partial charge in [0, 0.05) is 24.0 Å². The van der Waals surface area contributed by atoms with E-state index in [0.717, 1.165) is 23.3 Å². The van der Waals surface area contributed by atoms with Crippen molar-refractivity contribution >= 4 is 27.3 Å². The molecular weight excluding hydrogens is 348 g/mol. The zero-order valence-corrected chi connectivity index (χ0v) is 14.8. The van der Waals surface area contributed by atoms with Crippen LogP contribution in [0.5, 0.6) is 5.75 Å². The number of rotatable bonds is 7. The van der Waals surface area contributed by atoms with Crippen LogP contribution >= 0.6 is 27.3 Å². The van der Waals surface area contributed by atoms with Gasteiger partial charge in [0.15, 0.2) is 0 Å². The normalized spacial score (nSPS) is 12.6. The molecule has 0 saturated heterocycles. The van der Waals surface area contributed by atoms with Crippen LogP contribution < -0.4 is 10.5 Å². The summed E-state index contributed by atoms with van der Waals surface area (Å²) >= 11 is 5.34. The molecule has 0 radical (unpaired) electrons. The number of hydrogen-bond acceptors (Lipinski definition) is 4. The molecule has 1 unspecified atom stereocenters. The Hall–Kier alpha value is -0.880. The second-order valence-corrected chi connectivity index (χ2v) is 6.67. The van der Waals surface area contributed by atoms with Crippen molar-refractivity contribution in [3.63, 3.8) is 0 Å². The molecule has 2 N–H and O–H groups in total. The van der Waals surface area contributed by atoms with Crippen LogP contribution in [0, 0.1) is 0 Å². The molecule has 2 rings (SSSR count). The van der Waals surface area contributed by atoms with Gasteiger partial charge in [-0.1, -0.05) is 19.1 Å². The van der Waals surface area contributed by atoms with Crippen LogP contribution in [0.3, 0.4) is 0 Å². The maximum atomic E-state index is 6.05. The highest BCUT2D eigenvalue weighted by Crippen LogP contribution is 2.30. The molecule has 0 aliphatic carbocycles. The first kappa shape index (κ1) is 16.5. The number of nitrogens with two attached hydrogens (primary N) is 1. The number of benzene rings is 1. The van der Waals surface area contributed by atoms with Crippen molar-refractivity contribution in [3.8, 4) is 5.75 Å². The van der Waals surface area contributed by atoms with Crippen LogP contribution in [-0.4, -0.2) is 25.1 Å². The van der Waals surface area contributed by atoms with E-state index in [-0.39, 0.29) is 6.04 Å². The highest BCUT2D eigenvalue weighted by atomic mass is 79.9. The monoisotopic (exact) mass is 368 g/mol. The summed E-state index contributed by atoms with van der Waals surface area (Å²) in [5, 5.41) is 2.12. The van der Waals surface area contributed by atoms with Gasteiger partial charge in [-0.25, -0.2) is 0 Å². The van der Waals surface area contributed by atoms with E-state index < -0.39 is 0 Å². The van der Waals surface area contributed by atoms with E-state index >= 15 is 0 Å². The number of ether oxygens (including phenoxy) is 1. The third-order valence-electron chi connectivity index (χ3n) is 3.57. The van der Waals surface area contributed by atoms with Crippen molar-refractivity contribution in [2.45, 2.75) is 19.5 Å². The van der Waals surface area contributed by atoms with Gasteiger partial charge in [0.1, 0.15) is 5.75 Å². The van der Waals surface area contributed by atoms with E-state index in [4.69, 9.17) is 10.5 Å². The van der Waals surface area contributed by atoms with Crippen LogP contribution in [0.25, 0.3) is 0 Å². The summed E-state index contributed by atoms with van der Waals surface area (Å²) in [7, 11) is 1.68. The van der Waals surface area contributed by atoms with Gasteiger partial charge >= 0.3 is 0 Å². The molecule has 2 aromatic rings. The summed E-state index contributed by atoms with van der Waals surface area (Å²) < 4.78 is 6.26. The lowest BCUT2D eigenvalue weighted by Gasteiger charge is -2.30. The van der Waals surface area contributed by atoms with Gasteiger partial charge in [-0.2, -0.15) is 0 Å². The quantitative estimate of drug-likeness (QED) is 0.801. The lowest BCUT2D eigenvalue weighted by Crippen LogP contribution is -2.33. The Morgan fingerprint density at radius 1 is 1.38 bits per heavy atom. The first-order valence-corrected chi connectivity index (χ1v) is 8.66. The summed E-state index contributed by atoms with van der Waals surface area (Å²) in [4.78, 5) is 3.77. The van der Waals surface area contributed by atoms with Gasteiger partial charge < -0.3 is 10.5 Å². The van der Waals surface area contributed by atoms with Crippen LogP contribution in [-0.2, 0) is 6.54 Å². The van der Waals surface area contributed by atoms with Crippen molar-refractivity contribution in [2.24, 2.45) is 5.73 Å². The summed E-state index contributed by atoms with van der Waals surface area (Å²) in [5.74, 6) is 0.843. The van der Waals surface area contributed by atoms with Crippen molar-refractivity contribution in [1.29, 1.82) is 0 Å². The average Bonchev–Trinajstić information content (AvgIpc) is 3.00. The molecule has 1 aromatic heterocycles. The Labute approximate surface area is 138 Å². The van der Waals surface area contributed by atoms with Gasteiger partial charge in [0.25, 0.3) is 0 Å². The minimum absolute atomic E-state index is 0.208. The Balaban J connectivity index is 2.22. The molecular formula is C16H21BrN2OS. The van der Waals surface area contributed by atoms with E-state index in [1.807, 2.05) is 6.07 Å². The molecule has 0 spiro atoms. The number of thiophene rings is 1. The van der Waals surface area contributed by atoms with Crippen LogP contribution in [0.4, 0.5) is 0 Å². The van der Waals surface area contributed by atoms with E-state index in [1.54, 1.807) is 18.4 Å². The van der Waals surface area contributed by atoms with E-state index in [9.17, 15) is 0 Å². The second kappa shape index (κ2) is 7.94. The maximum Gasteiger partial charge on any atom is 0.133 e. The molecule has 0 bridgehead atoms. The lowest BCUT2D eigenvalue weighted by atomic mass is 10.0.